The van der Waals surface area contributed by atoms with Crippen molar-refractivity contribution in [2.24, 2.45) is 0 Å². The number of hydrogen-bond acceptors (Lipinski definition) is 6. The maximum absolute atomic E-state index is 12.1. The summed E-state index contributed by atoms with van der Waals surface area (Å²) in [4.78, 5) is 9.75. The monoisotopic (exact) mass is 303 g/mol. The molecule has 1 atom stereocenters. The molecule has 0 saturated carbocycles. The van der Waals surface area contributed by atoms with Gasteiger partial charge in [0.1, 0.15) is 4.90 Å². The molecule has 8 nitrogen and oxygen atoms in total. The normalized spacial score (nSPS) is 13.1. The average molecular weight is 303 g/mol. The number of nitrogens with zero attached hydrogens (tertiary/aromatic N) is 1. The van der Waals surface area contributed by atoms with Gasteiger partial charge in [-0.15, -0.1) is 0 Å². The molecular formula is C11H17N3O5S. The second kappa shape index (κ2) is 6.64. The van der Waals surface area contributed by atoms with Crippen LogP contribution in [0.5, 0.6) is 0 Å². The van der Waals surface area contributed by atoms with Crippen LogP contribution in [0.2, 0.25) is 0 Å². The number of non-ortho nitro benzene ring substituents is 1. The molecule has 0 aliphatic carbocycles. The number of sulfonamides is 1. The molecule has 1 aromatic carbocycles. The van der Waals surface area contributed by atoms with Crippen molar-refractivity contribution in [3.8, 4) is 0 Å². The van der Waals surface area contributed by atoms with Gasteiger partial charge in [0.2, 0.25) is 10.0 Å². The Morgan fingerprint density at radius 1 is 1.50 bits per heavy atom. The zero-order valence-corrected chi connectivity index (χ0v) is 12.0. The second-order valence-corrected chi connectivity index (χ2v) is 5.84. The van der Waals surface area contributed by atoms with Gasteiger partial charge in [0.15, 0.2) is 0 Å². The number of nitrogen functional groups attached to an aromatic ring is 1. The third kappa shape index (κ3) is 4.15. The summed E-state index contributed by atoms with van der Waals surface area (Å²) in [6.07, 6.45) is 0. The summed E-state index contributed by atoms with van der Waals surface area (Å²) in [6.45, 7) is 4.15. The smallest absolute Gasteiger partial charge is 0.271 e. The predicted molar refractivity (Wildman–Crippen MR) is 73.8 cm³/mol. The molecule has 20 heavy (non-hydrogen) atoms. The summed E-state index contributed by atoms with van der Waals surface area (Å²) in [5, 5.41) is 10.6. The van der Waals surface area contributed by atoms with Gasteiger partial charge >= 0.3 is 0 Å². The molecule has 0 bridgehead atoms. The lowest BCUT2D eigenvalue weighted by Gasteiger charge is -2.15. The Hall–Kier alpha value is -1.71. The number of nitrogens with one attached hydrogen (secondary N) is 1. The Balaban J connectivity index is 2.95. The van der Waals surface area contributed by atoms with Crippen LogP contribution in [0.4, 0.5) is 11.4 Å². The molecule has 0 amide bonds. The molecule has 0 radical (unpaired) electrons. The maximum atomic E-state index is 12.1. The van der Waals surface area contributed by atoms with E-state index in [2.05, 4.69) is 4.72 Å². The summed E-state index contributed by atoms with van der Waals surface area (Å²) in [6, 6.07) is 2.79. The van der Waals surface area contributed by atoms with E-state index in [1.54, 1.807) is 13.8 Å². The van der Waals surface area contributed by atoms with E-state index in [0.29, 0.717) is 6.61 Å². The van der Waals surface area contributed by atoms with Crippen LogP contribution < -0.4 is 10.5 Å². The number of hydrogen-bond donors (Lipinski definition) is 2. The summed E-state index contributed by atoms with van der Waals surface area (Å²) in [7, 11) is -3.84. The Morgan fingerprint density at radius 2 is 2.15 bits per heavy atom. The number of anilines is 1. The van der Waals surface area contributed by atoms with Gasteiger partial charge in [0, 0.05) is 24.8 Å². The van der Waals surface area contributed by atoms with E-state index < -0.39 is 21.0 Å². The van der Waals surface area contributed by atoms with E-state index in [1.165, 1.54) is 0 Å². The highest BCUT2D eigenvalue weighted by atomic mass is 32.2. The van der Waals surface area contributed by atoms with Crippen molar-refractivity contribution in [1.82, 2.24) is 4.72 Å². The Labute approximate surface area is 117 Å². The number of rotatable bonds is 7. The molecule has 9 heteroatoms. The van der Waals surface area contributed by atoms with Crippen molar-refractivity contribution in [1.29, 1.82) is 0 Å². The van der Waals surface area contributed by atoms with E-state index in [0.717, 1.165) is 18.2 Å². The van der Waals surface area contributed by atoms with Gasteiger partial charge in [-0.25, -0.2) is 13.1 Å². The van der Waals surface area contributed by atoms with E-state index in [4.69, 9.17) is 10.5 Å². The first-order valence-electron chi connectivity index (χ1n) is 5.92. The maximum Gasteiger partial charge on any atom is 0.271 e. The molecule has 1 rings (SSSR count). The number of benzene rings is 1. The summed E-state index contributed by atoms with van der Waals surface area (Å²) in [5.41, 5.74) is 5.13. The molecule has 0 aliphatic heterocycles. The van der Waals surface area contributed by atoms with Crippen LogP contribution in [0.3, 0.4) is 0 Å². The fourth-order valence-corrected chi connectivity index (χ4v) is 2.89. The molecule has 0 aliphatic rings. The lowest BCUT2D eigenvalue weighted by molar-refractivity contribution is -0.384. The molecule has 0 saturated heterocycles. The Morgan fingerprint density at radius 3 is 2.65 bits per heavy atom. The van der Waals surface area contributed by atoms with Crippen LogP contribution >= 0.6 is 0 Å². The molecule has 0 aromatic heterocycles. The topological polar surface area (TPSA) is 125 Å². The third-order valence-corrected chi connectivity index (χ3v) is 4.09. The van der Waals surface area contributed by atoms with Crippen LogP contribution in [-0.4, -0.2) is 32.6 Å². The number of nitro benzene ring substituents is 1. The van der Waals surface area contributed by atoms with E-state index in [-0.39, 0.29) is 22.9 Å². The molecule has 0 heterocycles. The van der Waals surface area contributed by atoms with E-state index in [9.17, 15) is 18.5 Å². The minimum atomic E-state index is -3.84. The second-order valence-electron chi connectivity index (χ2n) is 4.16. The highest BCUT2D eigenvalue weighted by Crippen LogP contribution is 2.23. The Bertz CT molecular complexity index is 588. The number of nitro groups is 1. The molecular weight excluding hydrogens is 286 g/mol. The van der Waals surface area contributed by atoms with Crippen molar-refractivity contribution in [2.75, 3.05) is 18.9 Å². The first-order valence-corrected chi connectivity index (χ1v) is 7.40. The molecule has 0 spiro atoms. The molecule has 112 valence electrons. The minimum Gasteiger partial charge on any atom is -0.397 e. The fourth-order valence-electron chi connectivity index (χ4n) is 1.55. The van der Waals surface area contributed by atoms with Gasteiger partial charge in [0.05, 0.1) is 17.2 Å². The first kappa shape index (κ1) is 16.3. The lowest BCUT2D eigenvalue weighted by atomic mass is 10.3. The summed E-state index contributed by atoms with van der Waals surface area (Å²) in [5.74, 6) is 0. The SMILES string of the molecule is CCOCC(C)NS(=O)(=O)c1ccc([N+](=O)[O-])cc1N. The zero-order valence-electron chi connectivity index (χ0n) is 11.2. The van der Waals surface area contributed by atoms with Crippen LogP contribution in [0.1, 0.15) is 13.8 Å². The number of ether oxygens (including phenoxy) is 1. The van der Waals surface area contributed by atoms with Gasteiger partial charge < -0.3 is 10.5 Å². The lowest BCUT2D eigenvalue weighted by Crippen LogP contribution is -2.36. The van der Waals surface area contributed by atoms with E-state index in [1.807, 2.05) is 0 Å². The van der Waals surface area contributed by atoms with Gasteiger partial charge in [-0.2, -0.15) is 0 Å². The van der Waals surface area contributed by atoms with Crippen LogP contribution in [-0.2, 0) is 14.8 Å². The molecule has 1 aromatic rings. The highest BCUT2D eigenvalue weighted by molar-refractivity contribution is 7.89. The minimum absolute atomic E-state index is 0.171. The molecule has 0 fully saturated rings. The quantitative estimate of drug-likeness (QED) is 0.437. The van der Waals surface area contributed by atoms with Crippen molar-refractivity contribution >= 4 is 21.4 Å². The molecule has 1 unspecified atom stereocenters. The van der Waals surface area contributed by atoms with Crippen molar-refractivity contribution < 1.29 is 18.1 Å². The third-order valence-electron chi connectivity index (χ3n) is 2.42. The summed E-state index contributed by atoms with van der Waals surface area (Å²) >= 11 is 0. The standard InChI is InChI=1S/C11H17N3O5S/c1-3-19-7-8(2)13-20(17,18)11-5-4-9(14(15)16)6-10(11)12/h4-6,8,13H,3,7,12H2,1-2H3. The predicted octanol–water partition coefficient (Wildman–Crippen LogP) is 0.880. The largest absolute Gasteiger partial charge is 0.397 e. The van der Waals surface area contributed by atoms with Gasteiger partial charge in [-0.05, 0) is 19.9 Å². The van der Waals surface area contributed by atoms with Crippen LogP contribution in [0, 0.1) is 10.1 Å². The van der Waals surface area contributed by atoms with Crippen LogP contribution in [0.25, 0.3) is 0 Å². The molecule has 3 N–H and O–H groups in total. The Kier molecular flexibility index (Phi) is 5.43. The van der Waals surface area contributed by atoms with Crippen molar-refractivity contribution in [3.63, 3.8) is 0 Å². The van der Waals surface area contributed by atoms with Crippen LogP contribution in [0.15, 0.2) is 23.1 Å². The zero-order chi connectivity index (χ0) is 15.3. The van der Waals surface area contributed by atoms with Crippen molar-refractivity contribution in [2.45, 2.75) is 24.8 Å². The van der Waals surface area contributed by atoms with Gasteiger partial charge in [-0.3, -0.25) is 10.1 Å². The highest BCUT2D eigenvalue weighted by Gasteiger charge is 2.22. The summed E-state index contributed by atoms with van der Waals surface area (Å²) < 4.78 is 31.7. The van der Waals surface area contributed by atoms with Gasteiger partial charge in [-0.1, -0.05) is 0 Å². The van der Waals surface area contributed by atoms with Crippen molar-refractivity contribution in [3.05, 3.63) is 28.3 Å². The van der Waals surface area contributed by atoms with Gasteiger partial charge in [0.25, 0.3) is 5.69 Å². The number of nitrogens with two attached hydrogens (primary N) is 1. The van der Waals surface area contributed by atoms with E-state index >= 15 is 0 Å². The average Bonchev–Trinajstić information content (AvgIpc) is 2.35. The fraction of sp³-hybridized carbons (Fsp3) is 0.455. The first-order chi connectivity index (χ1) is 9.27.